The van der Waals surface area contributed by atoms with E-state index in [2.05, 4.69) is 25.2 Å². The molecule has 0 radical (unpaired) electrons. The molecule has 1 saturated carbocycles. The van der Waals surface area contributed by atoms with E-state index in [1.807, 2.05) is 6.26 Å². The van der Waals surface area contributed by atoms with E-state index in [9.17, 15) is 0 Å². The first-order valence-corrected chi connectivity index (χ1v) is 8.65. The molecular weight excluding hydrogens is 262 g/mol. The Kier molecular flexibility index (Phi) is 4.70. The highest BCUT2D eigenvalue weighted by atomic mass is 16.5. The number of aryl methyl sites for hydroxylation is 1. The Morgan fingerprint density at radius 3 is 2.81 bits per heavy atom. The molecule has 118 valence electrons. The summed E-state index contributed by atoms with van der Waals surface area (Å²) in [5.74, 6) is 1.76. The molecule has 3 rings (SSSR count). The van der Waals surface area contributed by atoms with Crippen LogP contribution in [0.3, 0.4) is 0 Å². The van der Waals surface area contributed by atoms with Gasteiger partial charge in [0.25, 0.3) is 0 Å². The number of ether oxygens (including phenoxy) is 1. The molecule has 2 aliphatic rings. The Labute approximate surface area is 128 Å². The van der Waals surface area contributed by atoms with Gasteiger partial charge in [-0.05, 0) is 56.7 Å². The van der Waals surface area contributed by atoms with Crippen molar-refractivity contribution in [2.24, 2.45) is 5.92 Å². The second-order valence-corrected chi connectivity index (χ2v) is 6.85. The third-order valence-electron chi connectivity index (χ3n) is 5.38. The van der Waals surface area contributed by atoms with Crippen LogP contribution in [0.5, 0.6) is 0 Å². The van der Waals surface area contributed by atoms with E-state index in [1.165, 1.54) is 44.1 Å². The number of hydrogen-bond acceptors (Lipinski definition) is 3. The molecule has 3 heteroatoms. The van der Waals surface area contributed by atoms with Gasteiger partial charge in [0, 0.05) is 6.61 Å². The van der Waals surface area contributed by atoms with E-state index < -0.39 is 0 Å². The van der Waals surface area contributed by atoms with Crippen molar-refractivity contribution in [3.8, 4) is 0 Å². The van der Waals surface area contributed by atoms with Crippen LogP contribution in [0.4, 0.5) is 0 Å². The first kappa shape index (κ1) is 15.1. The smallest absolute Gasteiger partial charge is 0.123 e. The normalized spacial score (nSPS) is 26.9. The summed E-state index contributed by atoms with van der Waals surface area (Å²) in [6.07, 6.45) is 10.7. The summed E-state index contributed by atoms with van der Waals surface area (Å²) in [6.45, 7) is 6.22. The van der Waals surface area contributed by atoms with Crippen molar-refractivity contribution in [3.63, 3.8) is 0 Å². The Balaban J connectivity index is 1.77. The standard InChI is InChI=1S/C18H29NO2/c1-3-19-16(17-14(2)7-11-20-17)15-8-12-21-18(13-15)9-5-4-6-10-18/h7,11,15-16,19H,3-6,8-10,12-13H2,1-2H3. The van der Waals surface area contributed by atoms with Crippen molar-refractivity contribution >= 4 is 0 Å². The molecule has 2 unspecified atom stereocenters. The largest absolute Gasteiger partial charge is 0.467 e. The maximum atomic E-state index is 6.25. The molecule has 3 nitrogen and oxygen atoms in total. The van der Waals surface area contributed by atoms with Crippen molar-refractivity contribution in [1.29, 1.82) is 0 Å². The third kappa shape index (κ3) is 3.19. The molecule has 2 fully saturated rings. The van der Waals surface area contributed by atoms with E-state index in [0.717, 1.165) is 25.3 Å². The zero-order valence-corrected chi connectivity index (χ0v) is 13.5. The minimum absolute atomic E-state index is 0.162. The van der Waals surface area contributed by atoms with Gasteiger partial charge in [-0.3, -0.25) is 0 Å². The van der Waals surface area contributed by atoms with Crippen LogP contribution in [0.25, 0.3) is 0 Å². The highest BCUT2D eigenvalue weighted by Gasteiger charge is 2.41. The molecule has 0 amide bonds. The highest BCUT2D eigenvalue weighted by molar-refractivity contribution is 5.19. The zero-order valence-electron chi connectivity index (χ0n) is 13.5. The summed E-state index contributed by atoms with van der Waals surface area (Å²) in [4.78, 5) is 0. The lowest BCUT2D eigenvalue weighted by molar-refractivity contribution is -0.122. The van der Waals surface area contributed by atoms with Crippen LogP contribution in [0.1, 0.15) is 69.2 Å². The van der Waals surface area contributed by atoms with Crippen LogP contribution in [-0.4, -0.2) is 18.8 Å². The van der Waals surface area contributed by atoms with Crippen LogP contribution < -0.4 is 5.32 Å². The Hall–Kier alpha value is -0.800. The Morgan fingerprint density at radius 1 is 1.33 bits per heavy atom. The average molecular weight is 291 g/mol. The third-order valence-corrected chi connectivity index (χ3v) is 5.38. The minimum atomic E-state index is 0.162. The average Bonchev–Trinajstić information content (AvgIpc) is 2.91. The first-order chi connectivity index (χ1) is 10.2. The van der Waals surface area contributed by atoms with Gasteiger partial charge in [-0.15, -0.1) is 0 Å². The molecule has 1 aromatic rings. The predicted octanol–water partition coefficient (Wildman–Crippen LogP) is 4.37. The van der Waals surface area contributed by atoms with Gasteiger partial charge in [0.15, 0.2) is 0 Å². The molecule has 1 saturated heterocycles. The van der Waals surface area contributed by atoms with Crippen LogP contribution in [0, 0.1) is 12.8 Å². The molecular formula is C18H29NO2. The van der Waals surface area contributed by atoms with E-state index in [0.29, 0.717) is 12.0 Å². The lowest BCUT2D eigenvalue weighted by Gasteiger charge is -2.45. The second-order valence-electron chi connectivity index (χ2n) is 6.85. The Morgan fingerprint density at radius 2 is 2.14 bits per heavy atom. The fraction of sp³-hybridized carbons (Fsp3) is 0.778. The van der Waals surface area contributed by atoms with Crippen LogP contribution in [0.15, 0.2) is 16.7 Å². The zero-order chi connectivity index (χ0) is 14.7. The highest BCUT2D eigenvalue weighted by Crippen LogP contribution is 2.44. The topological polar surface area (TPSA) is 34.4 Å². The fourth-order valence-corrected chi connectivity index (χ4v) is 4.29. The maximum absolute atomic E-state index is 6.25. The van der Waals surface area contributed by atoms with Gasteiger partial charge < -0.3 is 14.5 Å². The molecule has 2 atom stereocenters. The lowest BCUT2D eigenvalue weighted by atomic mass is 9.73. The molecule has 0 bridgehead atoms. The van der Waals surface area contributed by atoms with Gasteiger partial charge >= 0.3 is 0 Å². The van der Waals surface area contributed by atoms with Gasteiger partial charge in [0.2, 0.25) is 0 Å². The summed E-state index contributed by atoms with van der Waals surface area (Å²) in [6, 6.07) is 2.42. The maximum Gasteiger partial charge on any atom is 0.123 e. The van der Waals surface area contributed by atoms with Crippen molar-refractivity contribution in [1.82, 2.24) is 5.32 Å². The number of hydrogen-bond donors (Lipinski definition) is 1. The summed E-state index contributed by atoms with van der Waals surface area (Å²) in [5.41, 5.74) is 1.43. The van der Waals surface area contributed by atoms with Crippen LogP contribution >= 0.6 is 0 Å². The summed E-state index contributed by atoms with van der Waals surface area (Å²) in [5, 5.41) is 3.67. The quantitative estimate of drug-likeness (QED) is 0.894. The van der Waals surface area contributed by atoms with Gasteiger partial charge in [-0.25, -0.2) is 0 Å². The van der Waals surface area contributed by atoms with E-state index in [1.54, 1.807) is 0 Å². The molecule has 1 aromatic heterocycles. The van der Waals surface area contributed by atoms with Crippen molar-refractivity contribution < 1.29 is 9.15 Å². The molecule has 1 aliphatic heterocycles. The van der Waals surface area contributed by atoms with Gasteiger partial charge in [0.1, 0.15) is 5.76 Å². The molecule has 1 aliphatic carbocycles. The lowest BCUT2D eigenvalue weighted by Crippen LogP contribution is -2.44. The molecule has 1 spiro atoms. The summed E-state index contributed by atoms with van der Waals surface area (Å²) in [7, 11) is 0. The van der Waals surface area contributed by atoms with Crippen molar-refractivity contribution in [3.05, 3.63) is 23.7 Å². The molecule has 1 N–H and O–H groups in total. The fourth-order valence-electron chi connectivity index (χ4n) is 4.29. The predicted molar refractivity (Wildman–Crippen MR) is 84.4 cm³/mol. The molecule has 0 aromatic carbocycles. The van der Waals surface area contributed by atoms with Gasteiger partial charge in [-0.1, -0.05) is 26.2 Å². The SMILES string of the molecule is CCNC(c1occc1C)C1CCOC2(CCCCC2)C1. The number of nitrogens with one attached hydrogen (secondary N) is 1. The number of rotatable bonds is 4. The van der Waals surface area contributed by atoms with Gasteiger partial charge in [-0.2, -0.15) is 0 Å². The van der Waals surface area contributed by atoms with E-state index >= 15 is 0 Å². The van der Waals surface area contributed by atoms with E-state index in [-0.39, 0.29) is 5.60 Å². The van der Waals surface area contributed by atoms with Crippen molar-refractivity contribution in [2.45, 2.75) is 70.4 Å². The van der Waals surface area contributed by atoms with E-state index in [4.69, 9.17) is 9.15 Å². The minimum Gasteiger partial charge on any atom is -0.467 e. The number of furan rings is 1. The second kappa shape index (κ2) is 6.53. The monoisotopic (exact) mass is 291 g/mol. The van der Waals surface area contributed by atoms with Gasteiger partial charge in [0.05, 0.1) is 17.9 Å². The van der Waals surface area contributed by atoms with Crippen molar-refractivity contribution in [2.75, 3.05) is 13.2 Å². The van der Waals surface area contributed by atoms with Crippen LogP contribution in [-0.2, 0) is 4.74 Å². The first-order valence-electron chi connectivity index (χ1n) is 8.65. The summed E-state index contributed by atoms with van der Waals surface area (Å²) >= 11 is 0. The van der Waals surface area contributed by atoms with Crippen LogP contribution in [0.2, 0.25) is 0 Å². The summed E-state index contributed by atoms with van der Waals surface area (Å²) < 4.78 is 12.1. The molecule has 2 heterocycles. The molecule has 21 heavy (non-hydrogen) atoms. The Bertz CT molecular complexity index is 442.